The maximum absolute atomic E-state index is 2.28. The maximum Gasteiger partial charge on any atom is -0.0353 e. The summed E-state index contributed by atoms with van der Waals surface area (Å²) in [4.78, 5) is 0. The lowest BCUT2D eigenvalue weighted by Gasteiger charge is -2.01. The topological polar surface area (TPSA) is 0 Å². The summed E-state index contributed by atoms with van der Waals surface area (Å²) in [6.45, 7) is 8.57. The average Bonchev–Trinajstić information content (AvgIpc) is 2.30. The lowest BCUT2D eigenvalue weighted by Crippen LogP contribution is -1.83. The molecule has 0 aliphatic rings. The number of rotatable bonds is 10. The van der Waals surface area contributed by atoms with Gasteiger partial charge in [0.25, 0.3) is 0 Å². The Morgan fingerprint density at radius 1 is 0.600 bits per heavy atom. The smallest absolute Gasteiger partial charge is 0.0353 e. The Bertz CT molecular complexity index is 71.4. The molecule has 0 aliphatic carbocycles. The molecular formula is C14H33P. The second kappa shape index (κ2) is 19.9. The van der Waals surface area contributed by atoms with Crippen molar-refractivity contribution in [3.05, 3.63) is 0 Å². The fourth-order valence-corrected chi connectivity index (χ4v) is 2.73. The third-order valence-electron chi connectivity index (χ3n) is 2.41. The Labute approximate surface area is 100 Å². The molecule has 0 aliphatic heterocycles. The van der Waals surface area contributed by atoms with E-state index in [9.17, 15) is 0 Å². The van der Waals surface area contributed by atoms with E-state index in [1.807, 2.05) is 13.8 Å². The lowest BCUT2D eigenvalue weighted by molar-refractivity contribution is 0.698. The van der Waals surface area contributed by atoms with E-state index in [-0.39, 0.29) is 0 Å². The predicted octanol–water partition coefficient (Wildman–Crippen LogP) is 5.85. The van der Waals surface area contributed by atoms with Gasteiger partial charge in [-0.3, -0.25) is 0 Å². The molecule has 0 heterocycles. The van der Waals surface area contributed by atoms with Gasteiger partial charge in [0.2, 0.25) is 0 Å². The van der Waals surface area contributed by atoms with Crippen LogP contribution in [0.25, 0.3) is 0 Å². The Hall–Kier alpha value is 0.430. The van der Waals surface area contributed by atoms with Crippen LogP contribution in [-0.2, 0) is 0 Å². The summed E-state index contributed by atoms with van der Waals surface area (Å²) < 4.78 is 0. The molecule has 0 spiro atoms. The van der Waals surface area contributed by atoms with Gasteiger partial charge in [-0.2, -0.15) is 0 Å². The molecule has 0 saturated carbocycles. The molecule has 94 valence electrons. The van der Waals surface area contributed by atoms with Gasteiger partial charge in [-0.1, -0.05) is 66.2 Å². The first-order chi connectivity index (χ1) is 7.41. The quantitative estimate of drug-likeness (QED) is 0.327. The van der Waals surface area contributed by atoms with Crippen molar-refractivity contribution in [2.75, 3.05) is 12.3 Å². The Morgan fingerprint density at radius 3 is 1.33 bits per heavy atom. The molecule has 0 aromatic heterocycles. The molecule has 0 fully saturated rings. The summed E-state index contributed by atoms with van der Waals surface area (Å²) in [5, 5.41) is 0. The van der Waals surface area contributed by atoms with Gasteiger partial charge in [-0.25, -0.2) is 0 Å². The third-order valence-corrected chi connectivity index (χ3v) is 3.83. The minimum Gasteiger partial charge on any atom is -0.122 e. The number of hydrogen-bond acceptors (Lipinski definition) is 0. The molecule has 15 heavy (non-hydrogen) atoms. The highest BCUT2D eigenvalue weighted by atomic mass is 31.1. The van der Waals surface area contributed by atoms with E-state index < -0.39 is 0 Å². The fraction of sp³-hybridized carbons (Fsp3) is 1.00. The van der Waals surface area contributed by atoms with Crippen LogP contribution in [0.15, 0.2) is 0 Å². The van der Waals surface area contributed by atoms with Gasteiger partial charge < -0.3 is 0 Å². The van der Waals surface area contributed by atoms with Crippen molar-refractivity contribution in [2.24, 2.45) is 0 Å². The minimum absolute atomic E-state index is 1.25. The van der Waals surface area contributed by atoms with Crippen molar-refractivity contribution in [1.82, 2.24) is 0 Å². The molecule has 0 N–H and O–H groups in total. The standard InChI is InChI=1S/C12H27P.C2H6/c1-3-5-7-9-11-13-12-10-8-6-4-2;1-2/h13H,3-12H2,1-2H3;1-2H3. The SMILES string of the molecule is CC.CCCCCCPCCCCCC. The minimum atomic E-state index is 1.25. The molecule has 0 rings (SSSR count). The van der Waals surface area contributed by atoms with Crippen LogP contribution in [-0.4, -0.2) is 12.3 Å². The highest BCUT2D eigenvalue weighted by Crippen LogP contribution is 2.16. The van der Waals surface area contributed by atoms with Crippen LogP contribution in [0.2, 0.25) is 0 Å². The van der Waals surface area contributed by atoms with Crippen molar-refractivity contribution in [3.63, 3.8) is 0 Å². The summed E-state index contributed by atoms with van der Waals surface area (Å²) >= 11 is 0. The van der Waals surface area contributed by atoms with Crippen LogP contribution in [0.1, 0.15) is 79.1 Å². The van der Waals surface area contributed by atoms with Crippen LogP contribution < -0.4 is 0 Å². The van der Waals surface area contributed by atoms with Gasteiger partial charge in [0.1, 0.15) is 0 Å². The van der Waals surface area contributed by atoms with E-state index >= 15 is 0 Å². The van der Waals surface area contributed by atoms with E-state index in [4.69, 9.17) is 0 Å². The van der Waals surface area contributed by atoms with Crippen molar-refractivity contribution >= 4 is 8.58 Å². The predicted molar refractivity (Wildman–Crippen MR) is 77.7 cm³/mol. The first-order valence-corrected chi connectivity index (χ1v) is 8.54. The summed E-state index contributed by atoms with van der Waals surface area (Å²) in [5.74, 6) is 0. The van der Waals surface area contributed by atoms with Crippen LogP contribution in [0.5, 0.6) is 0 Å². The molecule has 0 unspecified atom stereocenters. The van der Waals surface area contributed by atoms with E-state index in [0.717, 1.165) is 0 Å². The van der Waals surface area contributed by atoms with Crippen LogP contribution >= 0.6 is 8.58 Å². The zero-order valence-corrected chi connectivity index (χ0v) is 12.6. The third kappa shape index (κ3) is 20.5. The van der Waals surface area contributed by atoms with E-state index in [2.05, 4.69) is 13.8 Å². The van der Waals surface area contributed by atoms with Gasteiger partial charge in [0.15, 0.2) is 0 Å². The first-order valence-electron chi connectivity index (χ1n) is 7.12. The Morgan fingerprint density at radius 2 is 1.00 bits per heavy atom. The lowest BCUT2D eigenvalue weighted by atomic mass is 10.2. The normalized spacial score (nSPS) is 9.60. The molecule has 0 aromatic rings. The molecule has 0 aromatic carbocycles. The summed E-state index contributed by atoms with van der Waals surface area (Å²) in [5.41, 5.74) is 0. The van der Waals surface area contributed by atoms with Gasteiger partial charge in [0.05, 0.1) is 0 Å². The van der Waals surface area contributed by atoms with Crippen molar-refractivity contribution in [3.8, 4) is 0 Å². The highest BCUT2D eigenvalue weighted by Gasteiger charge is 1.90. The Balaban J connectivity index is 0. The zero-order valence-electron chi connectivity index (χ0n) is 11.6. The summed E-state index contributed by atoms with van der Waals surface area (Å²) in [6, 6.07) is 0. The van der Waals surface area contributed by atoms with Crippen LogP contribution in [0, 0.1) is 0 Å². The number of unbranched alkanes of at least 4 members (excludes halogenated alkanes) is 6. The monoisotopic (exact) mass is 232 g/mol. The van der Waals surface area contributed by atoms with Gasteiger partial charge in [-0.15, -0.1) is 8.58 Å². The van der Waals surface area contributed by atoms with Crippen LogP contribution in [0.3, 0.4) is 0 Å². The second-order valence-corrected chi connectivity index (χ2v) is 5.37. The molecule has 1 heteroatoms. The second-order valence-electron chi connectivity index (χ2n) is 3.87. The van der Waals surface area contributed by atoms with Crippen LogP contribution in [0.4, 0.5) is 0 Å². The molecular weight excluding hydrogens is 199 g/mol. The molecule has 0 nitrogen and oxygen atoms in total. The molecule has 0 radical (unpaired) electrons. The van der Waals surface area contributed by atoms with E-state index in [0.29, 0.717) is 0 Å². The average molecular weight is 232 g/mol. The van der Waals surface area contributed by atoms with Gasteiger partial charge in [-0.05, 0) is 25.2 Å². The van der Waals surface area contributed by atoms with Gasteiger partial charge in [0, 0.05) is 0 Å². The largest absolute Gasteiger partial charge is 0.122 e. The highest BCUT2D eigenvalue weighted by molar-refractivity contribution is 7.37. The first kappa shape index (κ1) is 17.8. The summed E-state index contributed by atoms with van der Waals surface area (Å²) in [7, 11) is 1.25. The van der Waals surface area contributed by atoms with Gasteiger partial charge >= 0.3 is 0 Å². The van der Waals surface area contributed by atoms with Crippen molar-refractivity contribution in [2.45, 2.75) is 79.1 Å². The van der Waals surface area contributed by atoms with Crippen molar-refractivity contribution in [1.29, 1.82) is 0 Å². The molecule has 0 saturated heterocycles. The van der Waals surface area contributed by atoms with E-state index in [1.165, 1.54) is 72.3 Å². The zero-order chi connectivity index (χ0) is 11.8. The molecule has 0 amide bonds. The Kier molecular flexibility index (Phi) is 23.7. The summed E-state index contributed by atoms with van der Waals surface area (Å²) in [6.07, 6.45) is 14.6. The van der Waals surface area contributed by atoms with E-state index in [1.54, 1.807) is 0 Å². The fourth-order valence-electron chi connectivity index (χ4n) is 1.48. The molecule has 0 atom stereocenters. The maximum atomic E-state index is 2.28. The number of hydrogen-bond donors (Lipinski definition) is 0. The van der Waals surface area contributed by atoms with Crippen molar-refractivity contribution < 1.29 is 0 Å². The molecule has 0 bridgehead atoms.